The molecule has 1 aliphatic rings. The Morgan fingerprint density at radius 1 is 1.16 bits per heavy atom. The smallest absolute Gasteiger partial charge is 0.437 e. The summed E-state index contributed by atoms with van der Waals surface area (Å²) in [4.78, 5) is 36.3. The maximum atomic E-state index is 11.4. The van der Waals surface area contributed by atoms with Gasteiger partial charge in [-0.2, -0.15) is 0 Å². The van der Waals surface area contributed by atoms with E-state index in [9.17, 15) is 9.59 Å². The van der Waals surface area contributed by atoms with Gasteiger partial charge in [-0.15, -0.1) is 4.99 Å². The Bertz CT molecular complexity index is 937. The van der Waals surface area contributed by atoms with E-state index >= 15 is 0 Å². The average molecular weight is 428 g/mol. The topological polar surface area (TPSA) is 166 Å². The van der Waals surface area contributed by atoms with Gasteiger partial charge in [-0.25, -0.2) is 19.6 Å². The summed E-state index contributed by atoms with van der Waals surface area (Å²) < 4.78 is 10.4. The molecule has 1 amide bonds. The van der Waals surface area contributed by atoms with Crippen LogP contribution in [0.4, 0.5) is 10.7 Å². The van der Waals surface area contributed by atoms with E-state index in [1.807, 2.05) is 29.2 Å². The van der Waals surface area contributed by atoms with Crippen molar-refractivity contribution in [3.8, 4) is 11.1 Å². The molecule has 1 aliphatic heterocycles. The highest BCUT2D eigenvalue weighted by Gasteiger charge is 2.22. The van der Waals surface area contributed by atoms with Gasteiger partial charge in [-0.3, -0.25) is 0 Å². The number of aliphatic imine (C=N–C) groups is 1. The molecule has 2 aromatic rings. The molecule has 11 heteroatoms. The first-order valence-electron chi connectivity index (χ1n) is 9.67. The lowest BCUT2D eigenvalue weighted by atomic mass is 10.1. The summed E-state index contributed by atoms with van der Waals surface area (Å²) in [5.74, 6) is -0.701. The molecule has 1 saturated heterocycles. The molecule has 164 valence electrons. The molecule has 1 aromatic heterocycles. The molecule has 3 rings (SSSR count). The SMILES string of the molecule is NC(N)=NC(=O)OCc1cccc(-c2cnc(N3CCC(OCC(=O)O)CC3)nc2)c1. The van der Waals surface area contributed by atoms with Crippen LogP contribution in [0, 0.1) is 0 Å². The Morgan fingerprint density at radius 2 is 1.87 bits per heavy atom. The van der Waals surface area contributed by atoms with Gasteiger partial charge in [0.25, 0.3) is 0 Å². The Morgan fingerprint density at radius 3 is 2.52 bits per heavy atom. The highest BCUT2D eigenvalue weighted by atomic mass is 16.5. The number of anilines is 1. The molecule has 31 heavy (non-hydrogen) atoms. The lowest BCUT2D eigenvalue weighted by Crippen LogP contribution is -2.38. The number of rotatable bonds is 7. The van der Waals surface area contributed by atoms with E-state index in [4.69, 9.17) is 26.0 Å². The number of benzene rings is 1. The van der Waals surface area contributed by atoms with E-state index in [1.165, 1.54) is 0 Å². The largest absolute Gasteiger partial charge is 0.480 e. The number of carbonyl (C=O) groups excluding carboxylic acids is 1. The van der Waals surface area contributed by atoms with Crippen molar-refractivity contribution in [2.75, 3.05) is 24.6 Å². The molecule has 1 fully saturated rings. The summed E-state index contributed by atoms with van der Waals surface area (Å²) in [5.41, 5.74) is 12.7. The summed E-state index contributed by atoms with van der Waals surface area (Å²) in [6.07, 6.45) is 4.00. The van der Waals surface area contributed by atoms with Crippen LogP contribution >= 0.6 is 0 Å². The molecule has 5 N–H and O–H groups in total. The third kappa shape index (κ3) is 6.64. The number of aliphatic carboxylic acids is 1. The molecular weight excluding hydrogens is 404 g/mol. The summed E-state index contributed by atoms with van der Waals surface area (Å²) in [6, 6.07) is 7.43. The number of carboxylic acids is 1. The van der Waals surface area contributed by atoms with Crippen LogP contribution in [0.5, 0.6) is 0 Å². The van der Waals surface area contributed by atoms with Crippen molar-refractivity contribution in [3.05, 3.63) is 42.2 Å². The van der Waals surface area contributed by atoms with Gasteiger partial charge in [0, 0.05) is 31.0 Å². The minimum Gasteiger partial charge on any atom is -0.480 e. The molecule has 0 radical (unpaired) electrons. The standard InChI is InChI=1S/C20H24N6O5/c21-18(22)25-20(29)31-11-13-2-1-3-14(8-13)15-9-23-19(24-10-15)26-6-4-16(5-7-26)30-12-17(27)28/h1-3,8-10,16H,4-7,11-12H2,(H,27,28)(H4,21,22,25,29). The van der Waals surface area contributed by atoms with E-state index in [2.05, 4.69) is 15.0 Å². The van der Waals surface area contributed by atoms with E-state index < -0.39 is 12.1 Å². The van der Waals surface area contributed by atoms with Gasteiger partial charge >= 0.3 is 12.1 Å². The average Bonchev–Trinajstić information content (AvgIpc) is 2.76. The van der Waals surface area contributed by atoms with Crippen LogP contribution in [0.25, 0.3) is 11.1 Å². The first-order valence-corrected chi connectivity index (χ1v) is 9.67. The van der Waals surface area contributed by atoms with Crippen molar-refractivity contribution in [1.29, 1.82) is 0 Å². The monoisotopic (exact) mass is 428 g/mol. The van der Waals surface area contributed by atoms with Crippen LogP contribution in [-0.2, 0) is 20.9 Å². The predicted octanol–water partition coefficient (Wildman–Crippen LogP) is 1.12. The molecule has 11 nitrogen and oxygen atoms in total. The fourth-order valence-electron chi connectivity index (χ4n) is 3.17. The Labute approximate surface area is 178 Å². The fraction of sp³-hybridized carbons (Fsp3) is 0.350. The molecule has 1 aromatic carbocycles. The van der Waals surface area contributed by atoms with Crippen molar-refractivity contribution < 1.29 is 24.2 Å². The number of piperidine rings is 1. The number of carboxylic acid groups (broad SMARTS) is 1. The highest BCUT2D eigenvalue weighted by Crippen LogP contribution is 2.22. The van der Waals surface area contributed by atoms with Crippen molar-refractivity contribution >= 4 is 24.0 Å². The van der Waals surface area contributed by atoms with Crippen LogP contribution in [0.1, 0.15) is 18.4 Å². The minimum absolute atomic E-state index is 0.0291. The maximum Gasteiger partial charge on any atom is 0.437 e. The molecule has 0 atom stereocenters. The van der Waals surface area contributed by atoms with Gasteiger partial charge in [0.2, 0.25) is 5.95 Å². The zero-order valence-corrected chi connectivity index (χ0v) is 16.8. The molecule has 0 spiro atoms. The zero-order chi connectivity index (χ0) is 22.2. The Balaban J connectivity index is 1.57. The zero-order valence-electron chi connectivity index (χ0n) is 16.8. The molecular formula is C20H24N6O5. The number of ether oxygens (including phenoxy) is 2. The van der Waals surface area contributed by atoms with Gasteiger partial charge in [0.05, 0.1) is 6.10 Å². The van der Waals surface area contributed by atoms with E-state index in [1.54, 1.807) is 12.4 Å². The van der Waals surface area contributed by atoms with Crippen LogP contribution in [0.3, 0.4) is 0 Å². The van der Waals surface area contributed by atoms with Crippen molar-refractivity contribution in [2.45, 2.75) is 25.6 Å². The van der Waals surface area contributed by atoms with Gasteiger partial charge in [0.1, 0.15) is 13.2 Å². The fourth-order valence-corrected chi connectivity index (χ4v) is 3.17. The third-order valence-electron chi connectivity index (χ3n) is 4.65. The lowest BCUT2D eigenvalue weighted by molar-refractivity contribution is -0.144. The van der Waals surface area contributed by atoms with Crippen molar-refractivity contribution in [2.24, 2.45) is 16.5 Å². The number of nitrogens with zero attached hydrogens (tertiary/aromatic N) is 4. The van der Waals surface area contributed by atoms with Crippen LogP contribution in [0.2, 0.25) is 0 Å². The number of nitrogens with two attached hydrogens (primary N) is 2. The Kier molecular flexibility index (Phi) is 7.33. The van der Waals surface area contributed by atoms with Crippen molar-refractivity contribution in [3.63, 3.8) is 0 Å². The van der Waals surface area contributed by atoms with Crippen LogP contribution in [-0.4, -0.2) is 58.9 Å². The molecule has 0 aliphatic carbocycles. The first-order chi connectivity index (χ1) is 14.9. The summed E-state index contributed by atoms with van der Waals surface area (Å²) in [6.45, 7) is 1.14. The highest BCUT2D eigenvalue weighted by molar-refractivity contribution is 5.87. The Hall–Kier alpha value is -3.73. The van der Waals surface area contributed by atoms with Gasteiger partial charge in [-0.1, -0.05) is 18.2 Å². The van der Waals surface area contributed by atoms with E-state index in [0.717, 1.165) is 29.5 Å². The number of aromatic nitrogens is 2. The number of amides is 1. The molecule has 0 bridgehead atoms. The van der Waals surface area contributed by atoms with Crippen molar-refractivity contribution in [1.82, 2.24) is 9.97 Å². The molecule has 0 saturated carbocycles. The number of carbonyl (C=O) groups is 2. The predicted molar refractivity (Wildman–Crippen MR) is 112 cm³/mol. The number of hydrogen-bond donors (Lipinski definition) is 3. The third-order valence-corrected chi connectivity index (χ3v) is 4.65. The quantitative estimate of drug-likeness (QED) is 0.429. The molecule has 0 unspecified atom stereocenters. The second kappa shape index (κ2) is 10.3. The first kappa shape index (κ1) is 22.0. The normalized spacial score (nSPS) is 14.1. The minimum atomic E-state index is -0.961. The van der Waals surface area contributed by atoms with Gasteiger partial charge < -0.3 is 30.9 Å². The summed E-state index contributed by atoms with van der Waals surface area (Å²) in [7, 11) is 0. The van der Waals surface area contributed by atoms with E-state index in [-0.39, 0.29) is 25.3 Å². The second-order valence-corrected chi connectivity index (χ2v) is 6.95. The van der Waals surface area contributed by atoms with Crippen LogP contribution in [0.15, 0.2) is 41.7 Å². The second-order valence-electron chi connectivity index (χ2n) is 6.95. The molecule has 2 heterocycles. The number of hydrogen-bond acceptors (Lipinski definition) is 7. The van der Waals surface area contributed by atoms with Gasteiger partial charge in [-0.05, 0) is 30.0 Å². The van der Waals surface area contributed by atoms with Crippen LogP contribution < -0.4 is 16.4 Å². The summed E-state index contributed by atoms with van der Waals surface area (Å²) >= 11 is 0. The van der Waals surface area contributed by atoms with E-state index in [0.29, 0.717) is 19.0 Å². The maximum absolute atomic E-state index is 11.4. The summed E-state index contributed by atoms with van der Waals surface area (Å²) in [5, 5.41) is 8.71. The van der Waals surface area contributed by atoms with Gasteiger partial charge in [0.15, 0.2) is 5.96 Å². The lowest BCUT2D eigenvalue weighted by Gasteiger charge is -2.31. The number of guanidine groups is 1.